The molecule has 1 fully saturated rings. The van der Waals surface area contributed by atoms with Crippen LogP contribution in [0, 0.1) is 0 Å². The number of carbonyl (C=O) groups is 1. The first-order valence-electron chi connectivity index (χ1n) is 7.77. The van der Waals surface area contributed by atoms with E-state index in [2.05, 4.69) is 10.6 Å². The van der Waals surface area contributed by atoms with Gasteiger partial charge in [-0.1, -0.05) is 24.4 Å². The van der Waals surface area contributed by atoms with Crippen molar-refractivity contribution in [3.63, 3.8) is 0 Å². The minimum atomic E-state index is -0.477. The molecule has 7 heteroatoms. The standard InChI is InChI=1S/C16H23ClN2O4/c1-22-8-9-23-15-7-6-11(10-12(15)17)18-16(21)19-13-4-2-3-5-14(13)20/h6-7,10,13-14,20H,2-5,8-9H2,1H3,(H2,18,19,21). The Hall–Kier alpha value is -1.50. The molecule has 0 spiro atoms. The molecule has 1 saturated carbocycles. The van der Waals surface area contributed by atoms with E-state index in [0.717, 1.165) is 25.7 Å². The molecule has 23 heavy (non-hydrogen) atoms. The van der Waals surface area contributed by atoms with Gasteiger partial charge in [0.15, 0.2) is 0 Å². The Morgan fingerprint density at radius 3 is 2.83 bits per heavy atom. The number of urea groups is 1. The van der Waals surface area contributed by atoms with E-state index in [1.807, 2.05) is 0 Å². The van der Waals surface area contributed by atoms with E-state index in [0.29, 0.717) is 29.7 Å². The van der Waals surface area contributed by atoms with Crippen molar-refractivity contribution in [3.8, 4) is 5.75 Å². The topological polar surface area (TPSA) is 79.8 Å². The second-order valence-corrected chi connectivity index (χ2v) is 5.95. The molecule has 3 N–H and O–H groups in total. The van der Waals surface area contributed by atoms with Gasteiger partial charge in [0.2, 0.25) is 0 Å². The maximum Gasteiger partial charge on any atom is 0.319 e. The molecule has 0 saturated heterocycles. The normalized spacial score (nSPS) is 20.8. The summed E-state index contributed by atoms with van der Waals surface area (Å²) in [5, 5.41) is 15.8. The molecule has 1 aliphatic rings. The van der Waals surface area contributed by atoms with Crippen LogP contribution < -0.4 is 15.4 Å². The van der Waals surface area contributed by atoms with E-state index >= 15 is 0 Å². The van der Waals surface area contributed by atoms with Crippen molar-refractivity contribution < 1.29 is 19.4 Å². The minimum absolute atomic E-state index is 0.198. The Balaban J connectivity index is 1.86. The third-order valence-electron chi connectivity index (χ3n) is 3.78. The van der Waals surface area contributed by atoms with Crippen LogP contribution in [-0.2, 0) is 4.74 Å². The number of carbonyl (C=O) groups excluding carboxylic acids is 1. The first kappa shape index (κ1) is 17.8. The monoisotopic (exact) mass is 342 g/mol. The summed E-state index contributed by atoms with van der Waals surface area (Å²) in [6.45, 7) is 0.880. The highest BCUT2D eigenvalue weighted by molar-refractivity contribution is 6.32. The van der Waals surface area contributed by atoms with Gasteiger partial charge in [0, 0.05) is 12.8 Å². The summed E-state index contributed by atoms with van der Waals surface area (Å²) >= 11 is 6.13. The molecule has 2 atom stereocenters. The number of halogens is 1. The third kappa shape index (κ3) is 5.57. The lowest BCUT2D eigenvalue weighted by atomic mass is 9.93. The predicted molar refractivity (Wildman–Crippen MR) is 89.2 cm³/mol. The fourth-order valence-electron chi connectivity index (χ4n) is 2.55. The predicted octanol–water partition coefficient (Wildman–Crippen LogP) is 2.79. The Morgan fingerprint density at radius 1 is 1.35 bits per heavy atom. The molecule has 2 rings (SSSR count). The van der Waals surface area contributed by atoms with Gasteiger partial charge in [-0.2, -0.15) is 0 Å². The largest absolute Gasteiger partial charge is 0.490 e. The maximum absolute atomic E-state index is 12.0. The van der Waals surface area contributed by atoms with Gasteiger partial charge in [-0.25, -0.2) is 4.79 Å². The van der Waals surface area contributed by atoms with E-state index in [-0.39, 0.29) is 12.1 Å². The van der Waals surface area contributed by atoms with Crippen molar-refractivity contribution in [2.75, 3.05) is 25.6 Å². The average Bonchev–Trinajstić information content (AvgIpc) is 2.52. The SMILES string of the molecule is COCCOc1ccc(NC(=O)NC2CCCCC2O)cc1Cl. The van der Waals surface area contributed by atoms with E-state index in [4.69, 9.17) is 21.1 Å². The smallest absolute Gasteiger partial charge is 0.319 e. The molecule has 128 valence electrons. The van der Waals surface area contributed by atoms with Gasteiger partial charge in [0.05, 0.1) is 23.8 Å². The maximum atomic E-state index is 12.0. The van der Waals surface area contributed by atoms with Crippen molar-refractivity contribution in [1.82, 2.24) is 5.32 Å². The number of methoxy groups -OCH3 is 1. The molecule has 1 aromatic carbocycles. The molecule has 0 radical (unpaired) electrons. The highest BCUT2D eigenvalue weighted by Crippen LogP contribution is 2.27. The number of amides is 2. The number of aliphatic hydroxyl groups excluding tert-OH is 1. The van der Waals surface area contributed by atoms with Crippen LogP contribution in [0.3, 0.4) is 0 Å². The number of benzene rings is 1. The van der Waals surface area contributed by atoms with Crippen LogP contribution in [0.15, 0.2) is 18.2 Å². The van der Waals surface area contributed by atoms with Crippen molar-refractivity contribution in [1.29, 1.82) is 0 Å². The van der Waals surface area contributed by atoms with Gasteiger partial charge >= 0.3 is 6.03 Å². The van der Waals surface area contributed by atoms with E-state index < -0.39 is 6.10 Å². The number of rotatable bonds is 6. The molecule has 0 heterocycles. The Labute approximate surface area is 141 Å². The van der Waals surface area contributed by atoms with Crippen LogP contribution in [0.4, 0.5) is 10.5 Å². The fraction of sp³-hybridized carbons (Fsp3) is 0.562. The van der Waals surface area contributed by atoms with Crippen LogP contribution >= 0.6 is 11.6 Å². The summed E-state index contributed by atoms with van der Waals surface area (Å²) in [5.41, 5.74) is 0.567. The second-order valence-electron chi connectivity index (χ2n) is 5.54. The lowest BCUT2D eigenvalue weighted by Gasteiger charge is -2.28. The number of hydrogen-bond donors (Lipinski definition) is 3. The van der Waals surface area contributed by atoms with Crippen LogP contribution in [0.5, 0.6) is 5.75 Å². The molecule has 6 nitrogen and oxygen atoms in total. The van der Waals surface area contributed by atoms with Gasteiger partial charge in [-0.05, 0) is 31.0 Å². The molecule has 0 bridgehead atoms. The highest BCUT2D eigenvalue weighted by atomic mass is 35.5. The second kappa shape index (κ2) is 8.96. The van der Waals surface area contributed by atoms with Crippen LogP contribution in [0.2, 0.25) is 5.02 Å². The van der Waals surface area contributed by atoms with Crippen molar-refractivity contribution in [2.45, 2.75) is 37.8 Å². The summed E-state index contributed by atoms with van der Waals surface area (Å²) in [7, 11) is 1.60. The molecule has 0 aromatic heterocycles. The summed E-state index contributed by atoms with van der Waals surface area (Å²) < 4.78 is 10.4. The summed E-state index contributed by atoms with van der Waals surface area (Å²) in [6.07, 6.45) is 3.06. The molecule has 1 aromatic rings. The summed E-state index contributed by atoms with van der Waals surface area (Å²) in [5.74, 6) is 0.539. The first-order chi connectivity index (χ1) is 11.1. The summed E-state index contributed by atoms with van der Waals surface area (Å²) in [6, 6.07) is 4.49. The van der Waals surface area contributed by atoms with Gasteiger partial charge in [0.1, 0.15) is 12.4 Å². The Bertz CT molecular complexity index is 527. The van der Waals surface area contributed by atoms with Gasteiger partial charge in [-0.3, -0.25) is 0 Å². The van der Waals surface area contributed by atoms with Crippen molar-refractivity contribution in [3.05, 3.63) is 23.2 Å². The van der Waals surface area contributed by atoms with E-state index in [9.17, 15) is 9.90 Å². The quantitative estimate of drug-likeness (QED) is 0.694. The van der Waals surface area contributed by atoms with Crippen molar-refractivity contribution >= 4 is 23.3 Å². The number of nitrogens with one attached hydrogen (secondary N) is 2. The molecule has 0 aliphatic heterocycles. The third-order valence-corrected chi connectivity index (χ3v) is 4.08. The van der Waals surface area contributed by atoms with Crippen LogP contribution in [0.25, 0.3) is 0 Å². The fourth-order valence-corrected chi connectivity index (χ4v) is 2.78. The number of ether oxygens (including phenoxy) is 2. The van der Waals surface area contributed by atoms with Crippen LogP contribution in [0.1, 0.15) is 25.7 Å². The zero-order chi connectivity index (χ0) is 16.7. The molecular formula is C16H23ClN2O4. The molecular weight excluding hydrogens is 320 g/mol. The van der Waals surface area contributed by atoms with Gasteiger partial charge in [-0.15, -0.1) is 0 Å². The molecule has 2 unspecified atom stereocenters. The van der Waals surface area contributed by atoms with Gasteiger partial charge < -0.3 is 25.2 Å². The number of hydrogen-bond acceptors (Lipinski definition) is 4. The lowest BCUT2D eigenvalue weighted by molar-refractivity contribution is 0.0955. The summed E-state index contributed by atoms with van der Waals surface area (Å²) in [4.78, 5) is 12.0. The van der Waals surface area contributed by atoms with E-state index in [1.54, 1.807) is 25.3 Å². The number of anilines is 1. The zero-order valence-corrected chi connectivity index (χ0v) is 13.9. The lowest BCUT2D eigenvalue weighted by Crippen LogP contribution is -2.46. The average molecular weight is 343 g/mol. The van der Waals surface area contributed by atoms with Crippen molar-refractivity contribution in [2.24, 2.45) is 0 Å². The Kier molecular flexibility index (Phi) is 6.95. The molecule has 2 amide bonds. The van der Waals surface area contributed by atoms with E-state index in [1.165, 1.54) is 0 Å². The highest BCUT2D eigenvalue weighted by Gasteiger charge is 2.24. The zero-order valence-electron chi connectivity index (χ0n) is 13.2. The number of aliphatic hydroxyl groups is 1. The Morgan fingerprint density at radius 2 is 2.13 bits per heavy atom. The minimum Gasteiger partial charge on any atom is -0.490 e. The van der Waals surface area contributed by atoms with Gasteiger partial charge in [0.25, 0.3) is 0 Å². The molecule has 1 aliphatic carbocycles. The van der Waals surface area contributed by atoms with Crippen LogP contribution in [-0.4, -0.2) is 43.6 Å². The first-order valence-corrected chi connectivity index (χ1v) is 8.15.